The number of halogens is 3. The normalized spacial score (nSPS) is 13.7. The van der Waals surface area contributed by atoms with Gasteiger partial charge in [0.2, 0.25) is 0 Å². The van der Waals surface area contributed by atoms with Gasteiger partial charge in [-0.25, -0.2) is 0 Å². The molecule has 4 nitrogen and oxygen atoms in total. The van der Waals surface area contributed by atoms with Gasteiger partial charge in [-0.3, -0.25) is 0 Å². The van der Waals surface area contributed by atoms with Gasteiger partial charge < -0.3 is 20.7 Å². The molecule has 29 heavy (non-hydrogen) atoms. The second-order valence-corrected chi connectivity index (χ2v) is 8.57. The van der Waals surface area contributed by atoms with Crippen LogP contribution < -0.4 is 10.5 Å². The molecule has 1 aromatic rings. The summed E-state index contributed by atoms with van der Waals surface area (Å²) in [6.45, 7) is 5.82. The van der Waals surface area contributed by atoms with Crippen LogP contribution in [0.5, 0.6) is 5.75 Å². The van der Waals surface area contributed by atoms with E-state index >= 15 is 0 Å². The van der Waals surface area contributed by atoms with Gasteiger partial charge in [0, 0.05) is 0 Å². The topological polar surface area (TPSA) is 75.7 Å². The fourth-order valence-corrected chi connectivity index (χ4v) is 3.07. The highest BCUT2D eigenvalue weighted by Crippen LogP contribution is 2.37. The molecule has 0 spiro atoms. The molecule has 0 amide bonds. The van der Waals surface area contributed by atoms with Crippen molar-refractivity contribution in [1.29, 1.82) is 0 Å². The molecule has 1 rings (SSSR count). The molecule has 0 aliphatic heterocycles. The quantitative estimate of drug-likeness (QED) is 0.438. The third-order valence-corrected chi connectivity index (χ3v) is 5.24. The molecule has 0 unspecified atom stereocenters. The zero-order valence-corrected chi connectivity index (χ0v) is 17.8. The van der Waals surface area contributed by atoms with Crippen molar-refractivity contribution in [3.63, 3.8) is 0 Å². The number of aliphatic hydroxyl groups is 2. The summed E-state index contributed by atoms with van der Waals surface area (Å²) in [4.78, 5) is 0. The summed E-state index contributed by atoms with van der Waals surface area (Å²) >= 11 is 0. The fourth-order valence-electron chi connectivity index (χ4n) is 3.07. The number of alkyl halides is 3. The van der Waals surface area contributed by atoms with E-state index in [1.807, 2.05) is 0 Å². The second kappa shape index (κ2) is 11.8. The molecule has 0 aliphatic carbocycles. The highest BCUT2D eigenvalue weighted by molar-refractivity contribution is 5.39. The Morgan fingerprint density at radius 1 is 1.03 bits per heavy atom. The van der Waals surface area contributed by atoms with Gasteiger partial charge in [0.15, 0.2) is 0 Å². The van der Waals surface area contributed by atoms with Crippen molar-refractivity contribution in [1.82, 2.24) is 0 Å². The van der Waals surface area contributed by atoms with Gasteiger partial charge in [-0.15, -0.1) is 0 Å². The maximum atomic E-state index is 13.5. The van der Waals surface area contributed by atoms with Crippen LogP contribution in [0.2, 0.25) is 0 Å². The first-order chi connectivity index (χ1) is 13.5. The molecule has 0 saturated heterocycles. The number of hydrogen-bond donors (Lipinski definition) is 3. The molecule has 0 heterocycles. The largest absolute Gasteiger partial charge is 0.493 e. The van der Waals surface area contributed by atoms with Crippen LogP contribution in [-0.2, 0) is 12.6 Å². The molecular formula is C22H36F3NO3. The van der Waals surface area contributed by atoms with Crippen molar-refractivity contribution in [3.8, 4) is 5.75 Å². The fraction of sp³-hybridized carbons (Fsp3) is 0.727. The van der Waals surface area contributed by atoms with Crippen LogP contribution in [0, 0.1) is 11.8 Å². The minimum absolute atomic E-state index is 0.168. The van der Waals surface area contributed by atoms with E-state index in [0.29, 0.717) is 23.8 Å². The molecule has 0 aliphatic rings. The molecule has 0 saturated carbocycles. The molecule has 1 atom stereocenters. The Labute approximate surface area is 172 Å². The minimum atomic E-state index is -4.53. The number of aryl methyl sites for hydroxylation is 1. The van der Waals surface area contributed by atoms with Crippen LogP contribution in [0.15, 0.2) is 18.2 Å². The summed E-state index contributed by atoms with van der Waals surface area (Å²) < 4.78 is 45.9. The van der Waals surface area contributed by atoms with Crippen molar-refractivity contribution in [3.05, 3.63) is 29.3 Å². The summed E-state index contributed by atoms with van der Waals surface area (Å²) in [5.41, 5.74) is 4.21. The van der Waals surface area contributed by atoms with E-state index in [2.05, 4.69) is 20.8 Å². The van der Waals surface area contributed by atoms with Gasteiger partial charge in [-0.2, -0.15) is 13.2 Å². The zero-order chi connectivity index (χ0) is 22.1. The summed E-state index contributed by atoms with van der Waals surface area (Å²) in [6, 6.07) is 3.99. The summed E-state index contributed by atoms with van der Waals surface area (Å²) in [5.74, 6) is 0.890. The van der Waals surface area contributed by atoms with Crippen molar-refractivity contribution in [2.24, 2.45) is 17.6 Å². The maximum absolute atomic E-state index is 13.5. The molecule has 4 N–H and O–H groups in total. The number of nitrogens with two attached hydrogens (primary N) is 1. The van der Waals surface area contributed by atoms with Crippen molar-refractivity contribution in [2.75, 3.05) is 19.8 Å². The Kier molecular flexibility index (Phi) is 10.4. The molecule has 0 fully saturated rings. The summed E-state index contributed by atoms with van der Waals surface area (Å²) in [6.07, 6.45) is -0.114. The van der Waals surface area contributed by atoms with Gasteiger partial charge in [-0.05, 0) is 48.8 Å². The second-order valence-electron chi connectivity index (χ2n) is 8.57. The van der Waals surface area contributed by atoms with E-state index in [9.17, 15) is 23.4 Å². The highest BCUT2D eigenvalue weighted by atomic mass is 19.4. The number of benzene rings is 1. The lowest BCUT2D eigenvalue weighted by molar-refractivity contribution is -0.139. The first kappa shape index (κ1) is 25.7. The molecule has 7 heteroatoms. The first-order valence-corrected chi connectivity index (χ1v) is 10.3. The predicted octanol–water partition coefficient (Wildman–Crippen LogP) is 4.55. The van der Waals surface area contributed by atoms with Crippen molar-refractivity contribution in [2.45, 2.75) is 71.0 Å². The van der Waals surface area contributed by atoms with E-state index in [-0.39, 0.29) is 25.2 Å². The number of rotatable bonds is 13. The number of ether oxygens (including phenoxy) is 1. The van der Waals surface area contributed by atoms with E-state index in [1.54, 1.807) is 6.07 Å². The average molecular weight is 420 g/mol. The van der Waals surface area contributed by atoms with Crippen LogP contribution in [0.4, 0.5) is 13.2 Å². The minimum Gasteiger partial charge on any atom is -0.493 e. The van der Waals surface area contributed by atoms with E-state index < -0.39 is 30.5 Å². The van der Waals surface area contributed by atoms with Crippen LogP contribution in [0.25, 0.3) is 0 Å². The number of hydrogen-bond acceptors (Lipinski definition) is 4. The van der Waals surface area contributed by atoms with Gasteiger partial charge in [0.05, 0.1) is 30.9 Å². The highest BCUT2D eigenvalue weighted by Gasteiger charge is 2.35. The Morgan fingerprint density at radius 2 is 1.69 bits per heavy atom. The monoisotopic (exact) mass is 419 g/mol. The summed E-state index contributed by atoms with van der Waals surface area (Å²) in [7, 11) is 0. The molecule has 0 bridgehead atoms. The third-order valence-electron chi connectivity index (χ3n) is 5.24. The molecule has 1 aromatic carbocycles. The molecule has 0 aromatic heterocycles. The van der Waals surface area contributed by atoms with E-state index in [0.717, 1.165) is 25.3 Å². The van der Waals surface area contributed by atoms with Crippen molar-refractivity contribution < 1.29 is 28.1 Å². The van der Waals surface area contributed by atoms with E-state index in [4.69, 9.17) is 10.5 Å². The van der Waals surface area contributed by atoms with Crippen LogP contribution in [0.3, 0.4) is 0 Å². The van der Waals surface area contributed by atoms with Crippen molar-refractivity contribution >= 4 is 0 Å². The van der Waals surface area contributed by atoms with Gasteiger partial charge >= 0.3 is 6.18 Å². The summed E-state index contributed by atoms with van der Waals surface area (Å²) in [5, 5.41) is 18.5. The average Bonchev–Trinajstić information content (AvgIpc) is 2.65. The Hall–Kier alpha value is -1.31. The molecule has 168 valence electrons. The van der Waals surface area contributed by atoms with Gasteiger partial charge in [0.1, 0.15) is 5.75 Å². The lowest BCUT2D eigenvalue weighted by atomic mass is 9.93. The van der Waals surface area contributed by atoms with E-state index in [1.165, 1.54) is 6.07 Å². The lowest BCUT2D eigenvalue weighted by Crippen LogP contribution is -2.47. The Bertz CT molecular complexity index is 601. The van der Waals surface area contributed by atoms with Gasteiger partial charge in [-0.1, -0.05) is 46.1 Å². The van der Waals surface area contributed by atoms with Crippen LogP contribution in [0.1, 0.15) is 64.0 Å². The molecule has 0 radical (unpaired) electrons. The molecular weight excluding hydrogens is 383 g/mol. The SMILES string of the molecule is CC(C)CCC[C@H](C)CCOc1ccc(CCC(N)(CO)CO)cc1C(F)(F)F. The Balaban J connectivity index is 2.70. The zero-order valence-electron chi connectivity index (χ0n) is 17.8. The van der Waals surface area contributed by atoms with Crippen LogP contribution in [-0.4, -0.2) is 35.6 Å². The first-order valence-electron chi connectivity index (χ1n) is 10.3. The number of aliphatic hydroxyl groups excluding tert-OH is 2. The predicted molar refractivity (Wildman–Crippen MR) is 109 cm³/mol. The maximum Gasteiger partial charge on any atom is 0.419 e. The lowest BCUT2D eigenvalue weighted by Gasteiger charge is -2.24. The van der Waals surface area contributed by atoms with Crippen LogP contribution >= 0.6 is 0 Å². The smallest absolute Gasteiger partial charge is 0.419 e. The third kappa shape index (κ3) is 9.36. The Morgan fingerprint density at radius 3 is 2.24 bits per heavy atom. The standard InChI is InChI=1S/C22H36F3NO3/c1-16(2)5-4-6-17(3)10-12-29-20-8-7-18(13-19(20)22(23,24)25)9-11-21(26,14-27)15-28/h7-8,13,16-17,27-28H,4-6,9-12,14-15,26H2,1-3H3/t17-/m0/s1. The van der Waals surface area contributed by atoms with Gasteiger partial charge in [0.25, 0.3) is 0 Å².